The molecule has 0 radical (unpaired) electrons. The van der Waals surface area contributed by atoms with Gasteiger partial charge in [-0.3, -0.25) is 9.59 Å². The number of Topliss-reactive ketones (excluding diaryl/α,β-unsaturated/α-hetero) is 1. The van der Waals surface area contributed by atoms with E-state index in [4.69, 9.17) is 0 Å². The molecule has 0 aliphatic heterocycles. The Bertz CT molecular complexity index is 802. The summed E-state index contributed by atoms with van der Waals surface area (Å²) in [5.41, 5.74) is 0.849. The number of benzene rings is 1. The number of thiophene rings is 1. The summed E-state index contributed by atoms with van der Waals surface area (Å²) < 4.78 is 1.01. The van der Waals surface area contributed by atoms with Crippen LogP contribution in [0.25, 0.3) is 10.2 Å². The summed E-state index contributed by atoms with van der Waals surface area (Å²) in [7, 11) is 0. The lowest BCUT2D eigenvalue weighted by Crippen LogP contribution is -2.25. The van der Waals surface area contributed by atoms with Gasteiger partial charge in [-0.2, -0.15) is 0 Å². The van der Waals surface area contributed by atoms with E-state index in [-0.39, 0.29) is 11.7 Å². The summed E-state index contributed by atoms with van der Waals surface area (Å²) in [6.07, 6.45) is 0.717. The number of nitrogens with zero attached hydrogens (tertiary/aromatic N) is 1. The second-order valence-electron chi connectivity index (χ2n) is 4.81. The van der Waals surface area contributed by atoms with Crippen LogP contribution >= 0.6 is 22.7 Å². The van der Waals surface area contributed by atoms with Gasteiger partial charge in [0.2, 0.25) is 0 Å². The lowest BCUT2D eigenvalue weighted by molar-refractivity contribution is 0.0953. The first kappa shape index (κ1) is 14.9. The number of ketones is 1. The largest absolute Gasteiger partial charge is 0.350 e. The Morgan fingerprint density at radius 3 is 2.68 bits per heavy atom. The molecule has 4 nitrogen and oxygen atoms in total. The topological polar surface area (TPSA) is 59.1 Å². The second-order valence-corrected chi connectivity index (χ2v) is 7.01. The number of fused-ring (bicyclic) bond motifs is 1. The van der Waals surface area contributed by atoms with Crippen LogP contribution in [0.2, 0.25) is 0 Å². The van der Waals surface area contributed by atoms with E-state index >= 15 is 0 Å². The Kier molecular flexibility index (Phi) is 4.31. The predicted molar refractivity (Wildman–Crippen MR) is 90.0 cm³/mol. The molecule has 6 heteroatoms. The fraction of sp³-hybridized carbons (Fsp3) is 0.188. The number of amides is 1. The highest BCUT2D eigenvalue weighted by atomic mass is 32.1. The molecule has 1 aromatic carbocycles. The molecule has 0 aliphatic rings. The van der Waals surface area contributed by atoms with Crippen LogP contribution in [0.5, 0.6) is 0 Å². The normalized spacial score (nSPS) is 10.8. The third-order valence-electron chi connectivity index (χ3n) is 3.15. The van der Waals surface area contributed by atoms with Crippen LogP contribution in [0.1, 0.15) is 31.3 Å². The van der Waals surface area contributed by atoms with Gasteiger partial charge in [0.25, 0.3) is 5.91 Å². The average Bonchev–Trinajstić information content (AvgIpc) is 3.13. The quantitative estimate of drug-likeness (QED) is 0.728. The molecule has 0 fully saturated rings. The van der Waals surface area contributed by atoms with Gasteiger partial charge in [-0.15, -0.1) is 22.7 Å². The Morgan fingerprint density at radius 1 is 1.14 bits per heavy atom. The minimum atomic E-state index is -0.149. The van der Waals surface area contributed by atoms with Crippen molar-refractivity contribution in [3.8, 4) is 0 Å². The molecule has 3 rings (SSSR count). The SMILES string of the molecule is CC(=O)c1ccc(CCNC(=O)c2nc3ccccc3s2)s1. The highest BCUT2D eigenvalue weighted by Crippen LogP contribution is 2.21. The van der Waals surface area contributed by atoms with Gasteiger partial charge in [-0.25, -0.2) is 4.98 Å². The molecule has 0 saturated heterocycles. The van der Waals surface area contributed by atoms with E-state index in [2.05, 4.69) is 10.3 Å². The van der Waals surface area contributed by atoms with Gasteiger partial charge in [0.05, 0.1) is 15.1 Å². The zero-order valence-corrected chi connectivity index (χ0v) is 13.6. The third kappa shape index (κ3) is 3.23. The van der Waals surface area contributed by atoms with E-state index in [1.807, 2.05) is 36.4 Å². The number of hydrogen-bond donors (Lipinski definition) is 1. The highest BCUT2D eigenvalue weighted by molar-refractivity contribution is 7.20. The maximum atomic E-state index is 12.1. The Morgan fingerprint density at radius 2 is 1.95 bits per heavy atom. The number of hydrogen-bond acceptors (Lipinski definition) is 5. The summed E-state index contributed by atoms with van der Waals surface area (Å²) in [5, 5.41) is 3.36. The summed E-state index contributed by atoms with van der Waals surface area (Å²) in [4.78, 5) is 29.5. The zero-order chi connectivity index (χ0) is 15.5. The van der Waals surface area contributed by atoms with Gasteiger partial charge in [0, 0.05) is 11.4 Å². The molecule has 2 heterocycles. The first-order chi connectivity index (χ1) is 10.6. The summed E-state index contributed by atoms with van der Waals surface area (Å²) in [6, 6.07) is 11.5. The fourth-order valence-corrected chi connectivity index (χ4v) is 3.83. The molecule has 0 atom stereocenters. The van der Waals surface area contributed by atoms with Crippen LogP contribution in [0.3, 0.4) is 0 Å². The Labute approximate surface area is 135 Å². The number of aromatic nitrogens is 1. The van der Waals surface area contributed by atoms with Crippen molar-refractivity contribution in [2.24, 2.45) is 0 Å². The van der Waals surface area contributed by atoms with Gasteiger partial charge in [0.15, 0.2) is 10.8 Å². The van der Waals surface area contributed by atoms with Crippen LogP contribution in [0.4, 0.5) is 0 Å². The Balaban J connectivity index is 1.58. The predicted octanol–water partition coefficient (Wildman–Crippen LogP) is 3.53. The van der Waals surface area contributed by atoms with Gasteiger partial charge in [-0.1, -0.05) is 12.1 Å². The first-order valence-electron chi connectivity index (χ1n) is 6.87. The average molecular weight is 330 g/mol. The van der Waals surface area contributed by atoms with Crippen LogP contribution in [0, 0.1) is 0 Å². The number of thiazole rings is 1. The minimum Gasteiger partial charge on any atom is -0.350 e. The number of para-hydroxylation sites is 1. The number of carbonyl (C=O) groups excluding carboxylic acids is 2. The van der Waals surface area contributed by atoms with E-state index in [9.17, 15) is 9.59 Å². The van der Waals surface area contributed by atoms with Crippen LogP contribution in [-0.4, -0.2) is 23.2 Å². The van der Waals surface area contributed by atoms with Crippen molar-refractivity contribution in [1.29, 1.82) is 0 Å². The molecule has 0 bridgehead atoms. The van der Waals surface area contributed by atoms with Gasteiger partial charge in [0.1, 0.15) is 0 Å². The summed E-state index contributed by atoms with van der Waals surface area (Å²) in [6.45, 7) is 2.09. The van der Waals surface area contributed by atoms with Crippen molar-refractivity contribution in [2.75, 3.05) is 6.54 Å². The van der Waals surface area contributed by atoms with Crippen LogP contribution in [-0.2, 0) is 6.42 Å². The zero-order valence-electron chi connectivity index (χ0n) is 12.0. The number of nitrogens with one attached hydrogen (secondary N) is 1. The van der Waals surface area contributed by atoms with E-state index in [1.54, 1.807) is 6.92 Å². The van der Waals surface area contributed by atoms with Crippen molar-refractivity contribution < 1.29 is 9.59 Å². The molecule has 0 spiro atoms. The molecule has 112 valence electrons. The monoisotopic (exact) mass is 330 g/mol. The van der Waals surface area contributed by atoms with Crippen molar-refractivity contribution in [2.45, 2.75) is 13.3 Å². The van der Waals surface area contributed by atoms with Crippen molar-refractivity contribution in [3.63, 3.8) is 0 Å². The lowest BCUT2D eigenvalue weighted by atomic mass is 10.3. The fourth-order valence-electron chi connectivity index (χ4n) is 2.05. The van der Waals surface area contributed by atoms with Gasteiger partial charge >= 0.3 is 0 Å². The Hall–Kier alpha value is -2.05. The lowest BCUT2D eigenvalue weighted by Gasteiger charge is -2.00. The molecule has 3 aromatic rings. The van der Waals surface area contributed by atoms with Gasteiger partial charge < -0.3 is 5.32 Å². The molecule has 0 unspecified atom stereocenters. The van der Waals surface area contributed by atoms with Crippen molar-refractivity contribution >= 4 is 44.6 Å². The molecule has 0 saturated carbocycles. The first-order valence-corrected chi connectivity index (χ1v) is 8.50. The van der Waals surface area contributed by atoms with E-state index in [0.717, 1.165) is 20.0 Å². The van der Waals surface area contributed by atoms with Crippen LogP contribution in [0.15, 0.2) is 36.4 Å². The molecule has 2 aromatic heterocycles. The van der Waals surface area contributed by atoms with Gasteiger partial charge in [-0.05, 0) is 37.6 Å². The van der Waals surface area contributed by atoms with E-state index in [0.29, 0.717) is 18.0 Å². The molecule has 22 heavy (non-hydrogen) atoms. The summed E-state index contributed by atoms with van der Waals surface area (Å²) in [5.74, 6) is -0.0701. The number of rotatable bonds is 5. The molecule has 0 aliphatic carbocycles. The molecule has 1 amide bonds. The van der Waals surface area contributed by atoms with Crippen molar-refractivity contribution in [1.82, 2.24) is 10.3 Å². The second kappa shape index (κ2) is 6.37. The maximum Gasteiger partial charge on any atom is 0.280 e. The molecular formula is C16H14N2O2S2. The smallest absolute Gasteiger partial charge is 0.280 e. The maximum absolute atomic E-state index is 12.1. The third-order valence-corrected chi connectivity index (χ3v) is 5.43. The summed E-state index contributed by atoms with van der Waals surface area (Å²) >= 11 is 2.87. The standard InChI is InChI=1S/C16H14N2O2S2/c1-10(19)13-7-6-11(21-13)8-9-17-15(20)16-18-12-4-2-3-5-14(12)22-16/h2-7H,8-9H2,1H3,(H,17,20). The number of carbonyl (C=O) groups is 2. The van der Waals surface area contributed by atoms with E-state index < -0.39 is 0 Å². The van der Waals surface area contributed by atoms with Crippen LogP contribution < -0.4 is 5.32 Å². The van der Waals surface area contributed by atoms with E-state index in [1.165, 1.54) is 22.7 Å². The molecular weight excluding hydrogens is 316 g/mol. The van der Waals surface area contributed by atoms with Crippen molar-refractivity contribution in [3.05, 3.63) is 51.2 Å². The highest BCUT2D eigenvalue weighted by Gasteiger charge is 2.11. The molecule has 1 N–H and O–H groups in total. The minimum absolute atomic E-state index is 0.0785.